The van der Waals surface area contributed by atoms with Crippen LogP contribution in [0.5, 0.6) is 0 Å². The molecular weight excluding hydrogens is 508 g/mol. The highest BCUT2D eigenvalue weighted by atomic mass is 32.2. The van der Waals surface area contributed by atoms with E-state index < -0.39 is 11.9 Å². The Kier molecular flexibility index (Phi) is 7.70. The number of carbonyl (C=O) groups excluding carboxylic acids is 2. The summed E-state index contributed by atoms with van der Waals surface area (Å²) >= 11 is 1.41. The first-order valence-electron chi connectivity index (χ1n) is 12.2. The van der Waals surface area contributed by atoms with E-state index in [2.05, 4.69) is 5.32 Å². The van der Waals surface area contributed by atoms with Gasteiger partial charge in [-0.2, -0.15) is 0 Å². The van der Waals surface area contributed by atoms with Crippen LogP contribution in [0, 0.1) is 0 Å². The Balaban J connectivity index is 1.28. The Morgan fingerprint density at radius 1 is 0.667 bits per heavy atom. The van der Waals surface area contributed by atoms with Crippen LogP contribution in [0.1, 0.15) is 20.7 Å². The minimum atomic E-state index is -1.09. The summed E-state index contributed by atoms with van der Waals surface area (Å²) in [6.45, 7) is 0. The fourth-order valence-electron chi connectivity index (χ4n) is 4.34. The largest absolute Gasteiger partial charge is 0.478 e. The smallest absolute Gasteiger partial charge is 0.336 e. The van der Waals surface area contributed by atoms with Gasteiger partial charge in [-0.25, -0.2) is 4.79 Å². The number of fused-ring (bicyclic) bond motifs is 1. The summed E-state index contributed by atoms with van der Waals surface area (Å²) in [5.74, 6) is -1.32. The van der Waals surface area contributed by atoms with Crippen LogP contribution in [0.15, 0.2) is 126 Å². The first kappa shape index (κ1) is 25.8. The Bertz CT molecular complexity index is 1590. The number of nitrogens with one attached hydrogen (secondary N) is 1. The molecule has 5 aromatic carbocycles. The highest BCUT2D eigenvalue weighted by molar-refractivity contribution is 8.00. The Morgan fingerprint density at radius 2 is 1.23 bits per heavy atom. The monoisotopic (exact) mass is 532 g/mol. The average Bonchev–Trinajstić information content (AvgIpc) is 2.97. The molecule has 0 saturated heterocycles. The first-order valence-corrected chi connectivity index (χ1v) is 13.2. The predicted octanol–water partition coefficient (Wildman–Crippen LogP) is 7.25. The quantitative estimate of drug-likeness (QED) is 0.206. The number of carboxylic acid groups (broad SMARTS) is 1. The fourth-order valence-corrected chi connectivity index (χ4v) is 5.09. The van der Waals surface area contributed by atoms with E-state index in [0.717, 1.165) is 16.3 Å². The molecular formula is C32H24N2O4S. The van der Waals surface area contributed by atoms with Gasteiger partial charge in [0.25, 0.3) is 5.91 Å². The number of para-hydroxylation sites is 2. The number of hydrogen-bond donors (Lipinski definition) is 2. The lowest BCUT2D eigenvalue weighted by Gasteiger charge is -2.23. The maximum Gasteiger partial charge on any atom is 0.336 e. The van der Waals surface area contributed by atoms with Gasteiger partial charge in [-0.15, -0.1) is 11.8 Å². The molecule has 0 spiro atoms. The maximum atomic E-state index is 13.3. The number of carboxylic acids is 1. The van der Waals surface area contributed by atoms with Crippen molar-refractivity contribution < 1.29 is 19.5 Å². The topological polar surface area (TPSA) is 86.7 Å². The average molecular weight is 533 g/mol. The summed E-state index contributed by atoms with van der Waals surface area (Å²) in [5.41, 5.74) is 2.53. The second-order valence-electron chi connectivity index (χ2n) is 8.68. The van der Waals surface area contributed by atoms with Crippen molar-refractivity contribution >= 4 is 57.4 Å². The normalized spacial score (nSPS) is 10.7. The molecule has 0 unspecified atom stereocenters. The van der Waals surface area contributed by atoms with Crippen LogP contribution in [-0.4, -0.2) is 28.6 Å². The summed E-state index contributed by atoms with van der Waals surface area (Å²) < 4.78 is 0. The first-order chi connectivity index (χ1) is 19.0. The van der Waals surface area contributed by atoms with Crippen molar-refractivity contribution in [2.75, 3.05) is 16.0 Å². The summed E-state index contributed by atoms with van der Waals surface area (Å²) in [4.78, 5) is 40.7. The molecule has 2 amide bonds. The standard InChI is InChI=1S/C32H24N2O4S/c35-29(34(24-11-3-1-4-12-24)25-13-5-2-6-14-25)21-39-26-19-17-23(18-20-26)33-31(36)27-15-7-9-22-10-8-16-28(30(22)27)32(37)38/h1-20H,21H2,(H,33,36)(H,37,38). The van der Waals surface area contributed by atoms with Gasteiger partial charge in [-0.1, -0.05) is 60.7 Å². The van der Waals surface area contributed by atoms with Crippen LogP contribution in [-0.2, 0) is 4.79 Å². The number of anilines is 3. The van der Waals surface area contributed by atoms with Crippen molar-refractivity contribution in [2.45, 2.75) is 4.90 Å². The van der Waals surface area contributed by atoms with Gasteiger partial charge < -0.3 is 10.4 Å². The number of rotatable bonds is 8. The van der Waals surface area contributed by atoms with Crippen LogP contribution in [0.2, 0.25) is 0 Å². The number of hydrogen-bond acceptors (Lipinski definition) is 4. The van der Waals surface area contributed by atoms with Gasteiger partial charge in [0.15, 0.2) is 0 Å². The summed E-state index contributed by atoms with van der Waals surface area (Å²) in [6, 6.07) is 36.3. The van der Waals surface area contributed by atoms with Crippen LogP contribution in [0.4, 0.5) is 17.1 Å². The van der Waals surface area contributed by atoms with Gasteiger partial charge in [-0.3, -0.25) is 14.5 Å². The van der Waals surface area contributed by atoms with Gasteiger partial charge in [0.1, 0.15) is 0 Å². The molecule has 39 heavy (non-hydrogen) atoms. The molecule has 0 aliphatic heterocycles. The highest BCUT2D eigenvalue weighted by Gasteiger charge is 2.19. The van der Waals surface area contributed by atoms with Gasteiger partial charge in [0.2, 0.25) is 5.91 Å². The van der Waals surface area contributed by atoms with E-state index >= 15 is 0 Å². The molecule has 0 bridgehead atoms. The van der Waals surface area contributed by atoms with E-state index in [0.29, 0.717) is 16.5 Å². The van der Waals surface area contributed by atoms with Gasteiger partial charge >= 0.3 is 5.97 Å². The lowest BCUT2D eigenvalue weighted by atomic mass is 9.98. The van der Waals surface area contributed by atoms with Crippen LogP contribution in [0.3, 0.4) is 0 Å². The minimum Gasteiger partial charge on any atom is -0.478 e. The van der Waals surface area contributed by atoms with Gasteiger partial charge in [0, 0.05) is 32.9 Å². The van der Waals surface area contributed by atoms with Crippen molar-refractivity contribution in [1.29, 1.82) is 0 Å². The lowest BCUT2D eigenvalue weighted by molar-refractivity contribution is -0.115. The molecule has 2 N–H and O–H groups in total. The number of nitrogens with zero attached hydrogens (tertiary/aromatic N) is 1. The van der Waals surface area contributed by atoms with Crippen LogP contribution < -0.4 is 10.2 Å². The molecule has 0 aliphatic rings. The molecule has 0 fully saturated rings. The van der Waals surface area contributed by atoms with Crippen molar-refractivity contribution in [3.8, 4) is 0 Å². The number of benzene rings is 5. The second-order valence-corrected chi connectivity index (χ2v) is 9.73. The molecule has 5 aromatic rings. The molecule has 192 valence electrons. The van der Waals surface area contributed by atoms with E-state index in [1.165, 1.54) is 17.8 Å². The molecule has 0 saturated carbocycles. The lowest BCUT2D eigenvalue weighted by Crippen LogP contribution is -2.27. The zero-order valence-electron chi connectivity index (χ0n) is 20.8. The Morgan fingerprint density at radius 3 is 1.79 bits per heavy atom. The molecule has 0 atom stereocenters. The highest BCUT2D eigenvalue weighted by Crippen LogP contribution is 2.29. The van der Waals surface area contributed by atoms with Crippen molar-refractivity contribution in [3.63, 3.8) is 0 Å². The predicted molar refractivity (Wildman–Crippen MR) is 156 cm³/mol. The van der Waals surface area contributed by atoms with Crippen molar-refractivity contribution in [2.24, 2.45) is 0 Å². The molecule has 0 radical (unpaired) electrons. The van der Waals surface area contributed by atoms with Gasteiger partial charge in [0.05, 0.1) is 11.3 Å². The van der Waals surface area contributed by atoms with Crippen molar-refractivity contribution in [3.05, 3.63) is 132 Å². The van der Waals surface area contributed by atoms with E-state index in [-0.39, 0.29) is 22.8 Å². The molecule has 7 heteroatoms. The Hall–Kier alpha value is -4.88. The third-order valence-corrected chi connectivity index (χ3v) is 7.13. The van der Waals surface area contributed by atoms with Crippen LogP contribution >= 0.6 is 11.8 Å². The fraction of sp³-hybridized carbons (Fsp3) is 0.0312. The van der Waals surface area contributed by atoms with E-state index in [1.807, 2.05) is 72.8 Å². The number of aromatic carboxylic acids is 1. The van der Waals surface area contributed by atoms with E-state index in [1.54, 1.807) is 47.4 Å². The molecule has 0 heterocycles. The van der Waals surface area contributed by atoms with Crippen molar-refractivity contribution in [1.82, 2.24) is 0 Å². The number of thioether (sulfide) groups is 1. The molecule has 0 aromatic heterocycles. The van der Waals surface area contributed by atoms with Crippen LogP contribution in [0.25, 0.3) is 10.8 Å². The minimum absolute atomic E-state index is 0.0556. The number of carbonyl (C=O) groups is 3. The Labute approximate surface area is 229 Å². The summed E-state index contributed by atoms with van der Waals surface area (Å²) in [5, 5.41) is 13.5. The molecule has 6 nitrogen and oxygen atoms in total. The maximum absolute atomic E-state index is 13.3. The molecule has 0 aliphatic carbocycles. The van der Waals surface area contributed by atoms with Gasteiger partial charge in [-0.05, 0) is 66.0 Å². The number of amides is 2. The van der Waals surface area contributed by atoms with E-state index in [4.69, 9.17) is 0 Å². The third-order valence-electron chi connectivity index (χ3n) is 6.13. The summed E-state index contributed by atoms with van der Waals surface area (Å²) in [6.07, 6.45) is 0. The zero-order valence-corrected chi connectivity index (χ0v) is 21.6. The van der Waals surface area contributed by atoms with E-state index in [9.17, 15) is 19.5 Å². The third kappa shape index (κ3) is 5.84. The second kappa shape index (κ2) is 11.7. The SMILES string of the molecule is O=C(O)c1cccc2cccc(C(=O)Nc3ccc(SCC(=O)N(c4ccccc4)c4ccccc4)cc3)c12. The zero-order chi connectivity index (χ0) is 27.2. The molecule has 5 rings (SSSR count). The summed E-state index contributed by atoms with van der Waals surface area (Å²) in [7, 11) is 0.